The minimum absolute atomic E-state index is 0.0441. The minimum atomic E-state index is -4.45. The Balaban J connectivity index is 1.83. The lowest BCUT2D eigenvalue weighted by atomic mass is 10.1. The highest BCUT2D eigenvalue weighted by Crippen LogP contribution is 2.20. The van der Waals surface area contributed by atoms with Crippen LogP contribution in [0.4, 0.5) is 13.2 Å². The van der Waals surface area contributed by atoms with E-state index >= 15 is 0 Å². The van der Waals surface area contributed by atoms with Crippen molar-refractivity contribution >= 4 is 5.91 Å². The third-order valence-corrected chi connectivity index (χ3v) is 3.50. The normalized spacial score (nSPS) is 11.1. The molecule has 0 spiro atoms. The highest BCUT2D eigenvalue weighted by Gasteiger charge is 2.29. The number of rotatable bonds is 8. The number of hydrogen-bond acceptors (Lipinski definition) is 4. The van der Waals surface area contributed by atoms with E-state index in [0.717, 1.165) is 11.3 Å². The van der Waals surface area contributed by atoms with E-state index in [1.807, 2.05) is 24.3 Å². The number of pyridine rings is 1. The van der Waals surface area contributed by atoms with Crippen molar-refractivity contribution in [3.05, 3.63) is 53.7 Å². The molecule has 0 bridgehead atoms. The number of hydrogen-bond donors (Lipinski definition) is 1. The van der Waals surface area contributed by atoms with Crippen LogP contribution in [0.15, 0.2) is 42.6 Å². The molecule has 5 nitrogen and oxygen atoms in total. The first-order valence-electron chi connectivity index (χ1n) is 7.90. The largest absolute Gasteiger partial charge is 0.497 e. The minimum Gasteiger partial charge on any atom is -0.497 e. The highest BCUT2D eigenvalue weighted by molar-refractivity contribution is 5.76. The van der Waals surface area contributed by atoms with Crippen LogP contribution < -0.4 is 14.8 Å². The zero-order valence-corrected chi connectivity index (χ0v) is 14.2. The number of carbonyl (C=O) groups excluding carboxylic acids is 1. The summed E-state index contributed by atoms with van der Waals surface area (Å²) in [5.41, 5.74) is 1.37. The van der Waals surface area contributed by atoms with Gasteiger partial charge in [0.1, 0.15) is 5.75 Å². The van der Waals surface area contributed by atoms with E-state index in [4.69, 9.17) is 4.74 Å². The maximum Gasteiger partial charge on any atom is 0.422 e. The number of benzene rings is 1. The number of aromatic nitrogens is 1. The summed E-state index contributed by atoms with van der Waals surface area (Å²) in [5.74, 6) is 0.382. The van der Waals surface area contributed by atoms with E-state index in [1.54, 1.807) is 19.2 Å². The maximum absolute atomic E-state index is 12.3. The number of nitrogens with one attached hydrogen (secondary N) is 1. The fraction of sp³-hybridized carbons (Fsp3) is 0.333. The summed E-state index contributed by atoms with van der Waals surface area (Å²) in [5, 5.41) is 2.66. The third-order valence-electron chi connectivity index (χ3n) is 3.50. The standard InChI is InChI=1S/C18H19F3N2O3/c1-25-15-7-4-13(5-8-15)6-9-16(24)23-11-14-3-2-10-22-17(14)26-12-18(19,20)21/h2-5,7-8,10H,6,9,11-12H2,1H3,(H,23,24). The summed E-state index contributed by atoms with van der Waals surface area (Å²) in [4.78, 5) is 15.7. The van der Waals surface area contributed by atoms with Gasteiger partial charge in [0.2, 0.25) is 11.8 Å². The quantitative estimate of drug-likeness (QED) is 0.777. The Morgan fingerprint density at radius 3 is 2.58 bits per heavy atom. The van der Waals surface area contributed by atoms with Gasteiger partial charge in [0.05, 0.1) is 7.11 Å². The fourth-order valence-electron chi connectivity index (χ4n) is 2.17. The molecule has 0 atom stereocenters. The van der Waals surface area contributed by atoms with Crippen LogP contribution in [0.3, 0.4) is 0 Å². The van der Waals surface area contributed by atoms with E-state index in [2.05, 4.69) is 15.0 Å². The molecule has 1 amide bonds. The average Bonchev–Trinajstić information content (AvgIpc) is 2.63. The predicted octanol–water partition coefficient (Wildman–Crippen LogP) is 3.28. The number of alkyl halides is 3. The summed E-state index contributed by atoms with van der Waals surface area (Å²) in [7, 11) is 1.58. The molecule has 0 aliphatic rings. The number of halogens is 3. The van der Waals surface area contributed by atoms with Crippen molar-refractivity contribution in [1.82, 2.24) is 10.3 Å². The van der Waals surface area contributed by atoms with Gasteiger partial charge in [-0.15, -0.1) is 0 Å². The van der Waals surface area contributed by atoms with E-state index in [1.165, 1.54) is 6.20 Å². The zero-order chi connectivity index (χ0) is 19.0. The number of carbonyl (C=O) groups is 1. The summed E-state index contributed by atoms with van der Waals surface area (Å²) in [6, 6.07) is 10.5. The topological polar surface area (TPSA) is 60.5 Å². The van der Waals surface area contributed by atoms with E-state index < -0.39 is 12.8 Å². The molecule has 0 aliphatic heterocycles. The van der Waals surface area contributed by atoms with Crippen molar-refractivity contribution in [2.24, 2.45) is 0 Å². The zero-order valence-electron chi connectivity index (χ0n) is 14.2. The average molecular weight is 368 g/mol. The van der Waals surface area contributed by atoms with Crippen LogP contribution in [0.1, 0.15) is 17.5 Å². The van der Waals surface area contributed by atoms with Crippen LogP contribution in [0.2, 0.25) is 0 Å². The van der Waals surface area contributed by atoms with Crippen LogP contribution in [-0.4, -0.2) is 30.8 Å². The summed E-state index contributed by atoms with van der Waals surface area (Å²) < 4.78 is 46.6. The molecule has 2 aromatic rings. The molecule has 2 rings (SSSR count). The molecule has 1 heterocycles. The SMILES string of the molecule is COc1ccc(CCC(=O)NCc2cccnc2OCC(F)(F)F)cc1. The number of aryl methyl sites for hydroxylation is 1. The van der Waals surface area contributed by atoms with Crippen molar-refractivity contribution in [3.8, 4) is 11.6 Å². The Kier molecular flexibility index (Phi) is 6.82. The lowest BCUT2D eigenvalue weighted by molar-refractivity contribution is -0.154. The first kappa shape index (κ1) is 19.6. The van der Waals surface area contributed by atoms with Gasteiger partial charge in [-0.25, -0.2) is 4.98 Å². The number of methoxy groups -OCH3 is 1. The van der Waals surface area contributed by atoms with E-state index in [0.29, 0.717) is 12.0 Å². The Morgan fingerprint density at radius 2 is 1.92 bits per heavy atom. The van der Waals surface area contributed by atoms with Crippen LogP contribution in [-0.2, 0) is 17.8 Å². The third kappa shape index (κ3) is 6.62. The fourth-order valence-corrected chi connectivity index (χ4v) is 2.17. The van der Waals surface area contributed by atoms with Gasteiger partial charge in [0.25, 0.3) is 0 Å². The van der Waals surface area contributed by atoms with Gasteiger partial charge >= 0.3 is 6.18 Å². The predicted molar refractivity (Wildman–Crippen MR) is 88.9 cm³/mol. The van der Waals surface area contributed by atoms with Gasteiger partial charge in [-0.2, -0.15) is 13.2 Å². The first-order valence-corrected chi connectivity index (χ1v) is 7.90. The molecule has 8 heteroatoms. The molecule has 0 unspecified atom stereocenters. The van der Waals surface area contributed by atoms with Gasteiger partial charge < -0.3 is 14.8 Å². The second-order valence-electron chi connectivity index (χ2n) is 5.50. The number of nitrogens with zero attached hydrogens (tertiary/aromatic N) is 1. The van der Waals surface area contributed by atoms with Crippen molar-refractivity contribution < 1.29 is 27.4 Å². The van der Waals surface area contributed by atoms with Gasteiger partial charge in [0, 0.05) is 24.7 Å². The Labute approximate surface area is 149 Å². The van der Waals surface area contributed by atoms with Crippen molar-refractivity contribution in [2.45, 2.75) is 25.6 Å². The second-order valence-corrected chi connectivity index (χ2v) is 5.50. The molecule has 26 heavy (non-hydrogen) atoms. The smallest absolute Gasteiger partial charge is 0.422 e. The van der Waals surface area contributed by atoms with Crippen LogP contribution >= 0.6 is 0 Å². The summed E-state index contributed by atoms with van der Waals surface area (Å²) in [6.45, 7) is -1.38. The van der Waals surface area contributed by atoms with Gasteiger partial charge in [0.15, 0.2) is 6.61 Å². The molecule has 1 aromatic carbocycles. The lowest BCUT2D eigenvalue weighted by Crippen LogP contribution is -2.24. The van der Waals surface area contributed by atoms with Crippen LogP contribution in [0.5, 0.6) is 11.6 Å². The van der Waals surface area contributed by atoms with Gasteiger partial charge in [-0.05, 0) is 30.2 Å². The Morgan fingerprint density at radius 1 is 1.19 bits per heavy atom. The molecule has 0 fully saturated rings. The molecule has 1 N–H and O–H groups in total. The lowest BCUT2D eigenvalue weighted by Gasteiger charge is -2.12. The Bertz CT molecular complexity index is 718. The summed E-state index contributed by atoms with van der Waals surface area (Å²) in [6.07, 6.45) is -2.32. The molecular weight excluding hydrogens is 349 g/mol. The van der Waals surface area contributed by atoms with Crippen molar-refractivity contribution in [1.29, 1.82) is 0 Å². The molecule has 140 valence electrons. The number of ether oxygens (including phenoxy) is 2. The first-order chi connectivity index (χ1) is 12.4. The van der Waals surface area contributed by atoms with Crippen LogP contribution in [0, 0.1) is 0 Å². The summed E-state index contributed by atoms with van der Waals surface area (Å²) >= 11 is 0. The van der Waals surface area contributed by atoms with Gasteiger partial charge in [-0.1, -0.05) is 18.2 Å². The molecule has 0 aliphatic carbocycles. The molecule has 0 saturated heterocycles. The second kappa shape index (κ2) is 9.07. The van der Waals surface area contributed by atoms with Crippen LogP contribution in [0.25, 0.3) is 0 Å². The van der Waals surface area contributed by atoms with Crippen molar-refractivity contribution in [3.63, 3.8) is 0 Å². The van der Waals surface area contributed by atoms with E-state index in [-0.39, 0.29) is 24.8 Å². The Hall–Kier alpha value is -2.77. The maximum atomic E-state index is 12.3. The molecular formula is C18H19F3N2O3. The highest BCUT2D eigenvalue weighted by atomic mass is 19.4. The van der Waals surface area contributed by atoms with Gasteiger partial charge in [-0.3, -0.25) is 4.79 Å². The van der Waals surface area contributed by atoms with E-state index in [9.17, 15) is 18.0 Å². The number of amides is 1. The molecule has 1 aromatic heterocycles. The van der Waals surface area contributed by atoms with Crippen molar-refractivity contribution in [2.75, 3.05) is 13.7 Å². The monoisotopic (exact) mass is 368 g/mol. The molecule has 0 radical (unpaired) electrons. The molecule has 0 saturated carbocycles.